The molecule has 2 rings (SSSR count). The van der Waals surface area contributed by atoms with E-state index in [9.17, 15) is 21.6 Å². The molecule has 1 aliphatic heterocycles. The fourth-order valence-corrected chi connectivity index (χ4v) is 4.90. The average Bonchev–Trinajstić information content (AvgIpc) is 2.81. The zero-order valence-corrected chi connectivity index (χ0v) is 11.4. The van der Waals surface area contributed by atoms with Crippen molar-refractivity contribution in [3.63, 3.8) is 0 Å². The molecule has 2 N–H and O–H groups in total. The fourth-order valence-electron chi connectivity index (χ4n) is 2.08. The highest BCUT2D eigenvalue weighted by molar-refractivity contribution is 7.91. The van der Waals surface area contributed by atoms with Gasteiger partial charge in [-0.2, -0.15) is 17.5 Å². The molecule has 0 aliphatic carbocycles. The predicted molar refractivity (Wildman–Crippen MR) is 65.3 cm³/mol. The van der Waals surface area contributed by atoms with E-state index in [1.54, 1.807) is 0 Å². The van der Waals surface area contributed by atoms with Gasteiger partial charge in [-0.15, -0.1) is 11.3 Å². The highest BCUT2D eigenvalue weighted by Crippen LogP contribution is 2.35. The molecule has 0 aromatic carbocycles. The molecule has 9 heteroatoms. The predicted octanol–water partition coefficient (Wildman–Crippen LogP) is 1.79. The summed E-state index contributed by atoms with van der Waals surface area (Å²) in [6.07, 6.45) is -4.71. The minimum Gasteiger partial charge on any atom is -0.327 e. The van der Waals surface area contributed by atoms with Gasteiger partial charge in [0.15, 0.2) is 0 Å². The van der Waals surface area contributed by atoms with Gasteiger partial charge in [0.05, 0.1) is 0 Å². The van der Waals surface area contributed by atoms with E-state index in [-0.39, 0.29) is 23.6 Å². The summed E-state index contributed by atoms with van der Waals surface area (Å²) in [5.41, 5.74) is 5.61. The minimum atomic E-state index is -4.58. The van der Waals surface area contributed by atoms with Gasteiger partial charge in [-0.05, 0) is 24.3 Å². The molecule has 0 bridgehead atoms. The standard InChI is InChI=1S/C10H13F3N2O2S2/c11-10(12,13)8-4-3-7(14)6-15(8)19(16,17)9-2-1-5-18-9/h1-2,5,7-8H,3-4,6,14H2/t7-,8+/m0/s1. The van der Waals surface area contributed by atoms with Crippen LogP contribution in [0.5, 0.6) is 0 Å². The maximum Gasteiger partial charge on any atom is 0.405 e. The number of nitrogens with two attached hydrogens (primary N) is 1. The highest BCUT2D eigenvalue weighted by Gasteiger charge is 2.50. The number of halogens is 3. The molecule has 1 aliphatic rings. The summed E-state index contributed by atoms with van der Waals surface area (Å²) in [6, 6.07) is 0.241. The van der Waals surface area contributed by atoms with Crippen molar-refractivity contribution < 1.29 is 21.6 Å². The number of piperidine rings is 1. The van der Waals surface area contributed by atoms with Crippen LogP contribution in [-0.4, -0.2) is 37.5 Å². The Morgan fingerprint density at radius 2 is 2.05 bits per heavy atom. The van der Waals surface area contributed by atoms with E-state index < -0.39 is 28.3 Å². The third-order valence-corrected chi connectivity index (χ3v) is 6.26. The molecule has 0 saturated carbocycles. The Balaban J connectivity index is 2.38. The van der Waals surface area contributed by atoms with E-state index in [4.69, 9.17) is 5.73 Å². The summed E-state index contributed by atoms with van der Waals surface area (Å²) >= 11 is 0.900. The number of hydrogen-bond acceptors (Lipinski definition) is 4. The van der Waals surface area contributed by atoms with E-state index in [1.165, 1.54) is 17.5 Å². The number of hydrogen-bond donors (Lipinski definition) is 1. The molecule has 0 radical (unpaired) electrons. The first-order valence-electron chi connectivity index (χ1n) is 5.60. The van der Waals surface area contributed by atoms with Crippen molar-refractivity contribution in [3.8, 4) is 0 Å². The summed E-state index contributed by atoms with van der Waals surface area (Å²) in [7, 11) is -4.13. The molecule has 1 aromatic rings. The summed E-state index contributed by atoms with van der Waals surface area (Å²) in [5.74, 6) is 0. The second-order valence-corrected chi connectivity index (χ2v) is 7.47. The quantitative estimate of drug-likeness (QED) is 0.905. The van der Waals surface area contributed by atoms with Gasteiger partial charge in [0.25, 0.3) is 10.0 Å². The van der Waals surface area contributed by atoms with Gasteiger partial charge in [-0.3, -0.25) is 0 Å². The number of nitrogens with zero attached hydrogens (tertiary/aromatic N) is 1. The van der Waals surface area contributed by atoms with Crippen LogP contribution >= 0.6 is 11.3 Å². The van der Waals surface area contributed by atoms with Crippen LogP contribution < -0.4 is 5.73 Å². The molecular formula is C10H13F3N2O2S2. The van der Waals surface area contributed by atoms with Crippen LogP contribution in [0.3, 0.4) is 0 Å². The third-order valence-electron chi connectivity index (χ3n) is 3.01. The number of alkyl halides is 3. The van der Waals surface area contributed by atoms with Crippen molar-refractivity contribution >= 4 is 21.4 Å². The van der Waals surface area contributed by atoms with Crippen molar-refractivity contribution in [2.24, 2.45) is 5.73 Å². The molecule has 0 amide bonds. The molecule has 2 atom stereocenters. The van der Waals surface area contributed by atoms with Gasteiger partial charge >= 0.3 is 6.18 Å². The average molecular weight is 314 g/mol. The lowest BCUT2D eigenvalue weighted by Gasteiger charge is -2.37. The normalized spacial score (nSPS) is 26.5. The second kappa shape index (κ2) is 5.04. The van der Waals surface area contributed by atoms with Crippen molar-refractivity contribution in [2.75, 3.05) is 6.54 Å². The Labute approximate surface area is 113 Å². The molecule has 4 nitrogen and oxygen atoms in total. The smallest absolute Gasteiger partial charge is 0.327 e. The van der Waals surface area contributed by atoms with Crippen molar-refractivity contribution in [1.29, 1.82) is 0 Å². The van der Waals surface area contributed by atoms with E-state index in [2.05, 4.69) is 0 Å². The lowest BCUT2D eigenvalue weighted by molar-refractivity contribution is -0.178. The van der Waals surface area contributed by atoms with Gasteiger partial charge < -0.3 is 5.73 Å². The van der Waals surface area contributed by atoms with Crippen LogP contribution in [0.15, 0.2) is 21.7 Å². The molecule has 1 aromatic heterocycles. The largest absolute Gasteiger partial charge is 0.405 e. The molecule has 1 saturated heterocycles. The molecule has 0 unspecified atom stereocenters. The Morgan fingerprint density at radius 1 is 1.37 bits per heavy atom. The van der Waals surface area contributed by atoms with Crippen molar-refractivity contribution in [1.82, 2.24) is 4.31 Å². The third kappa shape index (κ3) is 2.93. The topological polar surface area (TPSA) is 63.4 Å². The SMILES string of the molecule is N[C@H]1CC[C@H](C(F)(F)F)N(S(=O)(=O)c2cccs2)C1. The van der Waals surface area contributed by atoms with E-state index in [1.807, 2.05) is 0 Å². The fraction of sp³-hybridized carbons (Fsp3) is 0.600. The summed E-state index contributed by atoms with van der Waals surface area (Å²) in [4.78, 5) is 0. The molecule has 0 spiro atoms. The van der Waals surface area contributed by atoms with Crippen LogP contribution in [0, 0.1) is 0 Å². The first-order chi connectivity index (χ1) is 8.73. The van der Waals surface area contributed by atoms with Gasteiger partial charge in [0.2, 0.25) is 0 Å². The molecule has 1 fully saturated rings. The number of sulfonamides is 1. The van der Waals surface area contributed by atoms with Crippen LogP contribution in [0.1, 0.15) is 12.8 Å². The Hall–Kier alpha value is -0.640. The molecule has 2 heterocycles. The zero-order chi connectivity index (χ0) is 14.3. The van der Waals surface area contributed by atoms with Crippen LogP contribution in [-0.2, 0) is 10.0 Å². The van der Waals surface area contributed by atoms with E-state index >= 15 is 0 Å². The van der Waals surface area contributed by atoms with Gasteiger partial charge in [0, 0.05) is 12.6 Å². The Bertz CT molecular complexity index is 527. The Kier molecular flexibility index (Phi) is 3.92. The highest BCUT2D eigenvalue weighted by atomic mass is 32.2. The molecule has 19 heavy (non-hydrogen) atoms. The first kappa shape index (κ1) is 14.8. The van der Waals surface area contributed by atoms with Crippen LogP contribution in [0.2, 0.25) is 0 Å². The zero-order valence-electron chi connectivity index (χ0n) is 9.80. The lowest BCUT2D eigenvalue weighted by Crippen LogP contribution is -2.56. The lowest BCUT2D eigenvalue weighted by atomic mass is 10.0. The molecular weight excluding hydrogens is 301 g/mol. The maximum atomic E-state index is 12.9. The van der Waals surface area contributed by atoms with Crippen LogP contribution in [0.25, 0.3) is 0 Å². The summed E-state index contributed by atoms with van der Waals surface area (Å²) < 4.78 is 63.7. The minimum absolute atomic E-state index is 0.0872. The van der Waals surface area contributed by atoms with Crippen LogP contribution in [0.4, 0.5) is 13.2 Å². The van der Waals surface area contributed by atoms with Gasteiger partial charge in [-0.25, -0.2) is 8.42 Å². The first-order valence-corrected chi connectivity index (χ1v) is 7.92. The van der Waals surface area contributed by atoms with Crippen molar-refractivity contribution in [3.05, 3.63) is 17.5 Å². The number of rotatable bonds is 2. The number of thiophene rings is 1. The van der Waals surface area contributed by atoms with Gasteiger partial charge in [-0.1, -0.05) is 6.07 Å². The van der Waals surface area contributed by atoms with E-state index in [0.29, 0.717) is 4.31 Å². The Morgan fingerprint density at radius 3 is 2.58 bits per heavy atom. The van der Waals surface area contributed by atoms with E-state index in [0.717, 1.165) is 11.3 Å². The second-order valence-electron chi connectivity index (χ2n) is 4.40. The van der Waals surface area contributed by atoms with Crippen molar-refractivity contribution in [2.45, 2.75) is 35.3 Å². The maximum absolute atomic E-state index is 12.9. The van der Waals surface area contributed by atoms with Gasteiger partial charge in [0.1, 0.15) is 10.3 Å². The summed E-state index contributed by atoms with van der Waals surface area (Å²) in [6.45, 7) is -0.301. The summed E-state index contributed by atoms with van der Waals surface area (Å²) in [5, 5.41) is 1.51. The monoisotopic (exact) mass is 314 g/mol. The molecule has 108 valence electrons.